The second kappa shape index (κ2) is 9.15. The van der Waals surface area contributed by atoms with Crippen molar-refractivity contribution in [1.82, 2.24) is 0 Å². The van der Waals surface area contributed by atoms with Crippen LogP contribution in [-0.2, 0) is 14.3 Å². The molecular weight excluding hydrogens is 356 g/mol. The lowest BCUT2D eigenvalue weighted by atomic mass is 9.80. The maximum Gasteiger partial charge on any atom is 0.364 e. The number of rotatable bonds is 7. The van der Waals surface area contributed by atoms with Gasteiger partial charge in [0.2, 0.25) is 0 Å². The molecule has 8 heteroatoms. The molecule has 1 heterocycles. The molecular formula is C19H34O8. The molecule has 2 aliphatic rings. The van der Waals surface area contributed by atoms with Gasteiger partial charge in [0, 0.05) is 12.3 Å². The van der Waals surface area contributed by atoms with Crippen molar-refractivity contribution in [3.63, 3.8) is 0 Å². The van der Waals surface area contributed by atoms with Gasteiger partial charge < -0.3 is 35.0 Å². The third-order valence-corrected chi connectivity index (χ3v) is 6.19. The fourth-order valence-corrected chi connectivity index (χ4v) is 4.17. The van der Waals surface area contributed by atoms with Gasteiger partial charge in [-0.25, -0.2) is 4.79 Å². The van der Waals surface area contributed by atoms with Crippen LogP contribution in [0.25, 0.3) is 0 Å². The van der Waals surface area contributed by atoms with Crippen molar-refractivity contribution < 1.29 is 39.8 Å². The first-order valence-electron chi connectivity index (χ1n) is 9.85. The topological polar surface area (TPSA) is 137 Å². The Hall–Kier alpha value is -0.770. The van der Waals surface area contributed by atoms with Gasteiger partial charge in [0.25, 0.3) is 5.79 Å². The van der Waals surface area contributed by atoms with Crippen molar-refractivity contribution in [1.29, 1.82) is 0 Å². The summed E-state index contributed by atoms with van der Waals surface area (Å²) in [7, 11) is 0. The molecule has 0 aromatic rings. The van der Waals surface area contributed by atoms with Gasteiger partial charge in [-0.05, 0) is 37.5 Å². The number of carboxylic acids is 1. The van der Waals surface area contributed by atoms with Gasteiger partial charge in [-0.15, -0.1) is 0 Å². The van der Waals surface area contributed by atoms with Crippen molar-refractivity contribution in [3.05, 3.63) is 0 Å². The van der Waals surface area contributed by atoms with Gasteiger partial charge in [0.15, 0.2) is 0 Å². The molecule has 0 spiro atoms. The van der Waals surface area contributed by atoms with Gasteiger partial charge in [-0.1, -0.05) is 20.8 Å². The molecule has 0 aromatic carbocycles. The standard InChI is InChI=1S/C19H34O8/c1-10(2)12-4-6-13(7-5-12)26-19(18(24)25)8-14(21)11(3)17(27-19)16(23)15(22)9-20/h10-17,20-23H,4-9H2,1-3H3,(H,24,25). The maximum absolute atomic E-state index is 12.0. The number of hydrogen-bond donors (Lipinski definition) is 5. The van der Waals surface area contributed by atoms with Gasteiger partial charge in [0.05, 0.1) is 24.9 Å². The molecule has 0 bridgehead atoms. The number of aliphatic hydroxyl groups excluding tert-OH is 4. The summed E-state index contributed by atoms with van der Waals surface area (Å²) < 4.78 is 11.6. The molecule has 0 aromatic heterocycles. The molecule has 6 unspecified atom stereocenters. The molecule has 27 heavy (non-hydrogen) atoms. The van der Waals surface area contributed by atoms with Crippen LogP contribution in [0.5, 0.6) is 0 Å². The van der Waals surface area contributed by atoms with Crippen LogP contribution in [0.15, 0.2) is 0 Å². The molecule has 0 amide bonds. The second-order valence-electron chi connectivity index (χ2n) is 8.41. The first-order valence-corrected chi connectivity index (χ1v) is 9.85. The molecule has 1 aliphatic heterocycles. The molecule has 8 nitrogen and oxygen atoms in total. The summed E-state index contributed by atoms with van der Waals surface area (Å²) in [5, 5.41) is 49.3. The fraction of sp³-hybridized carbons (Fsp3) is 0.947. The molecule has 6 atom stereocenters. The zero-order valence-corrected chi connectivity index (χ0v) is 16.3. The number of aliphatic hydroxyl groups is 4. The largest absolute Gasteiger partial charge is 0.477 e. The molecule has 1 saturated heterocycles. The lowest BCUT2D eigenvalue weighted by Crippen LogP contribution is -2.62. The summed E-state index contributed by atoms with van der Waals surface area (Å²) in [6, 6.07) is 0. The van der Waals surface area contributed by atoms with E-state index in [1.165, 1.54) is 0 Å². The maximum atomic E-state index is 12.0. The SMILES string of the molecule is CC(C)C1CCC(OC2(C(=O)O)CC(O)C(C)C(C(O)C(O)CO)O2)CC1. The van der Waals surface area contributed by atoms with E-state index < -0.39 is 48.7 Å². The lowest BCUT2D eigenvalue weighted by Gasteiger charge is -2.47. The highest BCUT2D eigenvalue weighted by Gasteiger charge is 2.55. The predicted octanol–water partition coefficient (Wildman–Crippen LogP) is 0.499. The number of ether oxygens (including phenoxy) is 2. The number of carbonyl (C=O) groups is 1. The van der Waals surface area contributed by atoms with Crippen LogP contribution in [0.1, 0.15) is 52.9 Å². The molecule has 158 valence electrons. The average Bonchev–Trinajstić information content (AvgIpc) is 2.63. The Morgan fingerprint density at radius 2 is 1.81 bits per heavy atom. The molecule has 0 radical (unpaired) electrons. The predicted molar refractivity (Wildman–Crippen MR) is 95.8 cm³/mol. The van der Waals surface area contributed by atoms with E-state index in [9.17, 15) is 25.2 Å². The van der Waals surface area contributed by atoms with E-state index in [1.807, 2.05) is 0 Å². The summed E-state index contributed by atoms with van der Waals surface area (Å²) in [5.41, 5.74) is 0. The molecule has 1 saturated carbocycles. The van der Waals surface area contributed by atoms with Crippen molar-refractivity contribution in [2.75, 3.05) is 6.61 Å². The third kappa shape index (κ3) is 4.99. The van der Waals surface area contributed by atoms with Crippen molar-refractivity contribution in [2.24, 2.45) is 17.8 Å². The highest BCUT2D eigenvalue weighted by Crippen LogP contribution is 2.40. The number of aliphatic carboxylic acids is 1. The first kappa shape index (κ1) is 22.5. The summed E-state index contributed by atoms with van der Waals surface area (Å²) in [5.74, 6) is -2.93. The van der Waals surface area contributed by atoms with Crippen molar-refractivity contribution in [3.8, 4) is 0 Å². The quantitative estimate of drug-likeness (QED) is 0.424. The van der Waals surface area contributed by atoms with E-state index in [0.29, 0.717) is 24.7 Å². The van der Waals surface area contributed by atoms with Crippen LogP contribution < -0.4 is 0 Å². The highest BCUT2D eigenvalue weighted by molar-refractivity contribution is 5.76. The minimum Gasteiger partial charge on any atom is -0.477 e. The van der Waals surface area contributed by atoms with Crippen LogP contribution in [0.2, 0.25) is 0 Å². The highest BCUT2D eigenvalue weighted by atomic mass is 16.7. The smallest absolute Gasteiger partial charge is 0.364 e. The van der Waals surface area contributed by atoms with Crippen molar-refractivity contribution in [2.45, 2.75) is 89.2 Å². The Balaban J connectivity index is 2.15. The van der Waals surface area contributed by atoms with E-state index in [-0.39, 0.29) is 12.5 Å². The average molecular weight is 390 g/mol. The van der Waals surface area contributed by atoms with Crippen LogP contribution in [0, 0.1) is 17.8 Å². The Bertz CT molecular complexity index is 490. The molecule has 5 N–H and O–H groups in total. The molecule has 1 aliphatic carbocycles. The van der Waals surface area contributed by atoms with E-state index in [2.05, 4.69) is 13.8 Å². The Morgan fingerprint density at radius 1 is 1.22 bits per heavy atom. The first-order chi connectivity index (χ1) is 12.6. The van der Waals surface area contributed by atoms with Gasteiger partial charge in [-0.2, -0.15) is 0 Å². The normalized spacial score (nSPS) is 39.9. The summed E-state index contributed by atoms with van der Waals surface area (Å²) >= 11 is 0. The number of hydrogen-bond acceptors (Lipinski definition) is 7. The second-order valence-corrected chi connectivity index (χ2v) is 8.41. The summed E-state index contributed by atoms with van der Waals surface area (Å²) in [4.78, 5) is 12.0. The van der Waals surface area contributed by atoms with Crippen LogP contribution >= 0.6 is 0 Å². The zero-order chi connectivity index (χ0) is 20.4. The van der Waals surface area contributed by atoms with Crippen LogP contribution in [0.3, 0.4) is 0 Å². The van der Waals surface area contributed by atoms with E-state index in [4.69, 9.17) is 14.6 Å². The van der Waals surface area contributed by atoms with Gasteiger partial charge in [0.1, 0.15) is 12.2 Å². The number of carboxylic acid groups (broad SMARTS) is 1. The van der Waals surface area contributed by atoms with Crippen LogP contribution in [0.4, 0.5) is 0 Å². The van der Waals surface area contributed by atoms with E-state index in [1.54, 1.807) is 6.92 Å². The zero-order valence-electron chi connectivity index (χ0n) is 16.3. The van der Waals surface area contributed by atoms with Crippen LogP contribution in [-0.4, -0.2) is 74.4 Å². The molecule has 2 fully saturated rings. The fourth-order valence-electron chi connectivity index (χ4n) is 4.17. The van der Waals surface area contributed by atoms with Crippen molar-refractivity contribution >= 4 is 5.97 Å². The van der Waals surface area contributed by atoms with E-state index >= 15 is 0 Å². The van der Waals surface area contributed by atoms with E-state index in [0.717, 1.165) is 12.8 Å². The molecule has 2 rings (SSSR count). The Labute approximate surface area is 160 Å². The summed E-state index contributed by atoms with van der Waals surface area (Å²) in [6.45, 7) is 5.24. The summed E-state index contributed by atoms with van der Waals surface area (Å²) in [6.07, 6.45) is -2.60. The Morgan fingerprint density at radius 3 is 2.30 bits per heavy atom. The lowest BCUT2D eigenvalue weighted by molar-refractivity contribution is -0.331. The van der Waals surface area contributed by atoms with Gasteiger partial charge in [-0.3, -0.25) is 0 Å². The minimum absolute atomic E-state index is 0.258. The van der Waals surface area contributed by atoms with Gasteiger partial charge >= 0.3 is 5.97 Å². The third-order valence-electron chi connectivity index (χ3n) is 6.19. The minimum atomic E-state index is -2.08. The Kier molecular flexibility index (Phi) is 7.63. The monoisotopic (exact) mass is 390 g/mol.